The summed E-state index contributed by atoms with van der Waals surface area (Å²) in [6.07, 6.45) is -5.09. The van der Waals surface area contributed by atoms with Gasteiger partial charge in [0, 0.05) is 25.9 Å². The van der Waals surface area contributed by atoms with E-state index >= 15 is 0 Å². The number of piperidine rings is 1. The topological polar surface area (TPSA) is 49.8 Å². The maximum atomic E-state index is 12.8. The van der Waals surface area contributed by atoms with E-state index < -0.39 is 23.9 Å². The highest BCUT2D eigenvalue weighted by molar-refractivity contribution is 5.65. The van der Waals surface area contributed by atoms with Crippen molar-refractivity contribution in [1.82, 2.24) is 4.90 Å². The van der Waals surface area contributed by atoms with E-state index in [1.165, 1.54) is 23.1 Å². The number of ether oxygens (including phenoxy) is 1. The average Bonchev–Trinajstić information content (AvgIpc) is 2.38. The lowest BCUT2D eigenvalue weighted by Crippen LogP contribution is -2.41. The van der Waals surface area contributed by atoms with Crippen LogP contribution in [-0.2, 0) is 6.18 Å². The molecule has 1 fully saturated rings. The van der Waals surface area contributed by atoms with Gasteiger partial charge in [0.15, 0.2) is 0 Å². The molecule has 1 aliphatic rings. The van der Waals surface area contributed by atoms with E-state index in [2.05, 4.69) is 0 Å². The summed E-state index contributed by atoms with van der Waals surface area (Å²) < 4.78 is 43.8. The van der Waals surface area contributed by atoms with Gasteiger partial charge in [-0.25, -0.2) is 4.79 Å². The third-order valence-electron chi connectivity index (χ3n) is 3.20. The number of carboxylic acid groups (broad SMARTS) is 1. The van der Waals surface area contributed by atoms with Crippen molar-refractivity contribution >= 4 is 6.09 Å². The molecule has 0 radical (unpaired) electrons. The summed E-state index contributed by atoms with van der Waals surface area (Å²) in [6.45, 7) is 0.544. The Morgan fingerprint density at radius 1 is 1.25 bits per heavy atom. The lowest BCUT2D eigenvalue weighted by Gasteiger charge is -2.30. The number of hydrogen-bond acceptors (Lipinski definition) is 2. The van der Waals surface area contributed by atoms with E-state index in [-0.39, 0.29) is 18.8 Å². The summed E-state index contributed by atoms with van der Waals surface area (Å²) in [4.78, 5) is 12.0. The summed E-state index contributed by atoms with van der Waals surface area (Å²) in [7, 11) is 0. The van der Waals surface area contributed by atoms with Crippen LogP contribution in [0.3, 0.4) is 0 Å². The van der Waals surface area contributed by atoms with Crippen LogP contribution < -0.4 is 4.74 Å². The smallest absolute Gasteiger partial charge is 0.419 e. The van der Waals surface area contributed by atoms with Gasteiger partial charge in [-0.2, -0.15) is 13.2 Å². The second-order valence-corrected chi connectivity index (χ2v) is 4.58. The normalized spacial score (nSPS) is 17.1. The van der Waals surface area contributed by atoms with E-state index in [1.54, 1.807) is 0 Å². The minimum Gasteiger partial charge on any atom is -0.490 e. The molecule has 0 aromatic heterocycles. The van der Waals surface area contributed by atoms with Crippen molar-refractivity contribution in [3.05, 3.63) is 29.8 Å². The van der Waals surface area contributed by atoms with Crippen LogP contribution in [0, 0.1) is 0 Å². The molecular weight excluding hydrogens is 275 g/mol. The average molecular weight is 289 g/mol. The molecule has 0 spiro atoms. The summed E-state index contributed by atoms with van der Waals surface area (Å²) in [6, 6.07) is 5.05. The van der Waals surface area contributed by atoms with Gasteiger partial charge >= 0.3 is 12.3 Å². The van der Waals surface area contributed by atoms with Gasteiger partial charge in [-0.15, -0.1) is 0 Å². The van der Waals surface area contributed by atoms with Crippen LogP contribution in [-0.4, -0.2) is 35.3 Å². The summed E-state index contributed by atoms with van der Waals surface area (Å²) in [5.41, 5.74) is -0.805. The number of halogens is 3. The first-order valence-corrected chi connectivity index (χ1v) is 6.18. The van der Waals surface area contributed by atoms with E-state index in [1.807, 2.05) is 0 Å². The molecule has 1 N–H and O–H groups in total. The monoisotopic (exact) mass is 289 g/mol. The molecule has 2 rings (SSSR count). The Balaban J connectivity index is 2.03. The Bertz CT molecular complexity index is 482. The molecule has 1 aromatic carbocycles. The van der Waals surface area contributed by atoms with Crippen LogP contribution >= 0.6 is 0 Å². The van der Waals surface area contributed by atoms with Crippen molar-refractivity contribution in [1.29, 1.82) is 0 Å². The number of amides is 1. The Labute approximate surface area is 113 Å². The Morgan fingerprint density at radius 2 is 1.85 bits per heavy atom. The molecule has 1 aliphatic heterocycles. The molecule has 20 heavy (non-hydrogen) atoms. The van der Waals surface area contributed by atoms with Crippen LogP contribution in [0.5, 0.6) is 5.75 Å². The highest BCUT2D eigenvalue weighted by Gasteiger charge is 2.35. The molecule has 0 bridgehead atoms. The van der Waals surface area contributed by atoms with Crippen LogP contribution in [0.4, 0.5) is 18.0 Å². The Kier molecular flexibility index (Phi) is 4.06. The fourth-order valence-electron chi connectivity index (χ4n) is 2.15. The molecular formula is C13H14F3NO3. The van der Waals surface area contributed by atoms with Gasteiger partial charge in [-0.3, -0.25) is 0 Å². The third-order valence-corrected chi connectivity index (χ3v) is 3.20. The summed E-state index contributed by atoms with van der Waals surface area (Å²) >= 11 is 0. The first kappa shape index (κ1) is 14.5. The molecule has 1 aromatic rings. The fraction of sp³-hybridized carbons (Fsp3) is 0.462. The van der Waals surface area contributed by atoms with Gasteiger partial charge in [0.1, 0.15) is 11.9 Å². The highest BCUT2D eigenvalue weighted by atomic mass is 19.4. The Hall–Kier alpha value is -1.92. The van der Waals surface area contributed by atoms with Gasteiger partial charge in [-0.1, -0.05) is 12.1 Å². The Morgan fingerprint density at radius 3 is 2.40 bits per heavy atom. The van der Waals surface area contributed by atoms with Gasteiger partial charge in [-0.05, 0) is 12.1 Å². The largest absolute Gasteiger partial charge is 0.490 e. The molecule has 7 heteroatoms. The molecule has 0 unspecified atom stereocenters. The predicted octanol–water partition coefficient (Wildman–Crippen LogP) is 3.23. The van der Waals surface area contributed by atoms with Crippen molar-refractivity contribution in [3.8, 4) is 5.75 Å². The quantitative estimate of drug-likeness (QED) is 0.909. The number of alkyl halides is 3. The highest BCUT2D eigenvalue weighted by Crippen LogP contribution is 2.36. The number of carbonyl (C=O) groups is 1. The SMILES string of the molecule is O=C(O)N1CCC(Oc2ccccc2C(F)(F)F)CC1. The van der Waals surface area contributed by atoms with Crippen LogP contribution in [0.1, 0.15) is 18.4 Å². The zero-order valence-corrected chi connectivity index (χ0v) is 10.6. The molecule has 0 aliphatic carbocycles. The van der Waals surface area contributed by atoms with E-state index in [0.717, 1.165) is 6.07 Å². The lowest BCUT2D eigenvalue weighted by molar-refractivity contribution is -0.139. The minimum absolute atomic E-state index is 0.200. The molecule has 4 nitrogen and oxygen atoms in total. The first-order valence-electron chi connectivity index (χ1n) is 6.18. The van der Waals surface area contributed by atoms with Crippen molar-refractivity contribution in [3.63, 3.8) is 0 Å². The van der Waals surface area contributed by atoms with E-state index in [9.17, 15) is 18.0 Å². The molecule has 1 heterocycles. The fourth-order valence-corrected chi connectivity index (χ4v) is 2.15. The summed E-state index contributed by atoms with van der Waals surface area (Å²) in [5, 5.41) is 8.80. The van der Waals surface area contributed by atoms with Crippen molar-refractivity contribution in [2.24, 2.45) is 0 Å². The first-order chi connectivity index (χ1) is 9.38. The number of hydrogen-bond donors (Lipinski definition) is 1. The zero-order valence-electron chi connectivity index (χ0n) is 10.6. The van der Waals surface area contributed by atoms with Crippen molar-refractivity contribution in [2.45, 2.75) is 25.1 Å². The van der Waals surface area contributed by atoms with E-state index in [0.29, 0.717) is 12.8 Å². The van der Waals surface area contributed by atoms with Crippen LogP contribution in [0.2, 0.25) is 0 Å². The number of para-hydroxylation sites is 1. The van der Waals surface area contributed by atoms with Gasteiger partial charge in [0.2, 0.25) is 0 Å². The maximum absolute atomic E-state index is 12.8. The standard InChI is InChI=1S/C13H14F3NO3/c14-13(15,16)10-3-1-2-4-11(10)20-9-5-7-17(8-6-9)12(18)19/h1-4,9H,5-8H2,(H,18,19). The minimum atomic E-state index is -4.46. The van der Waals surface area contributed by atoms with Gasteiger partial charge < -0.3 is 14.7 Å². The number of rotatable bonds is 2. The number of benzene rings is 1. The van der Waals surface area contributed by atoms with Crippen LogP contribution in [0.15, 0.2) is 24.3 Å². The van der Waals surface area contributed by atoms with E-state index in [4.69, 9.17) is 9.84 Å². The second-order valence-electron chi connectivity index (χ2n) is 4.58. The maximum Gasteiger partial charge on any atom is 0.419 e. The van der Waals surface area contributed by atoms with Gasteiger partial charge in [0.25, 0.3) is 0 Å². The van der Waals surface area contributed by atoms with Crippen molar-refractivity contribution in [2.75, 3.05) is 13.1 Å². The zero-order chi connectivity index (χ0) is 14.8. The number of likely N-dealkylation sites (tertiary alicyclic amines) is 1. The van der Waals surface area contributed by atoms with Crippen LogP contribution in [0.25, 0.3) is 0 Å². The molecule has 1 saturated heterocycles. The van der Waals surface area contributed by atoms with Crippen molar-refractivity contribution < 1.29 is 27.8 Å². The molecule has 0 saturated carbocycles. The number of nitrogens with zero attached hydrogens (tertiary/aromatic N) is 1. The molecule has 0 atom stereocenters. The lowest BCUT2D eigenvalue weighted by atomic mass is 10.1. The molecule has 110 valence electrons. The third kappa shape index (κ3) is 3.34. The molecule has 1 amide bonds. The second kappa shape index (κ2) is 5.60. The summed E-state index contributed by atoms with van der Waals surface area (Å²) in [5.74, 6) is -0.200. The van der Waals surface area contributed by atoms with Gasteiger partial charge in [0.05, 0.1) is 5.56 Å². The predicted molar refractivity (Wildman–Crippen MR) is 64.7 cm³/mol.